The van der Waals surface area contributed by atoms with Gasteiger partial charge in [-0.1, -0.05) is 6.92 Å². The van der Waals surface area contributed by atoms with Crippen LogP contribution in [0.25, 0.3) is 0 Å². The Morgan fingerprint density at radius 3 is 2.31 bits per heavy atom. The maximum absolute atomic E-state index is 9.01. The fourth-order valence-corrected chi connectivity index (χ4v) is 2.07. The van der Waals surface area contributed by atoms with E-state index in [9.17, 15) is 0 Å². The van der Waals surface area contributed by atoms with Crippen LogP contribution < -0.4 is 0 Å². The lowest BCUT2D eigenvalue weighted by molar-refractivity contribution is 0.107. The number of hydrogen-bond donors (Lipinski definition) is 0. The molecule has 0 aromatic rings. The van der Waals surface area contributed by atoms with Crippen molar-refractivity contribution >= 4 is 0 Å². The third-order valence-corrected chi connectivity index (χ3v) is 3.25. The van der Waals surface area contributed by atoms with Gasteiger partial charge in [0, 0.05) is 39.3 Å². The monoisotopic (exact) mass is 224 g/mol. The average Bonchev–Trinajstić information content (AvgIpc) is 2.29. The molecule has 0 spiro atoms. The fraction of sp³-hybridized carbons (Fsp3) is 0.917. The minimum absolute atomic E-state index is 0.121. The summed E-state index contributed by atoms with van der Waals surface area (Å²) in [5.41, 5.74) is 0. The lowest BCUT2D eigenvalue weighted by atomic mass is 10.2. The number of rotatable bonds is 5. The Morgan fingerprint density at radius 1 is 1.25 bits per heavy atom. The van der Waals surface area contributed by atoms with Gasteiger partial charge in [-0.2, -0.15) is 5.26 Å². The van der Waals surface area contributed by atoms with Gasteiger partial charge in [0.1, 0.15) is 0 Å². The summed E-state index contributed by atoms with van der Waals surface area (Å²) in [6.45, 7) is 8.64. The Balaban J connectivity index is 2.26. The zero-order chi connectivity index (χ0) is 12.0. The van der Waals surface area contributed by atoms with Crippen LogP contribution in [0.1, 0.15) is 13.3 Å². The zero-order valence-corrected chi connectivity index (χ0v) is 10.8. The first-order chi connectivity index (χ1) is 7.67. The summed E-state index contributed by atoms with van der Waals surface area (Å²) in [6.07, 6.45) is 0.939. The van der Waals surface area contributed by atoms with Gasteiger partial charge < -0.3 is 4.90 Å². The molecule has 16 heavy (non-hydrogen) atoms. The Bertz CT molecular complexity index is 226. The Kier molecular flexibility index (Phi) is 5.75. The molecule has 0 radical (unpaired) electrons. The highest BCUT2D eigenvalue weighted by atomic mass is 15.3. The van der Waals surface area contributed by atoms with Crippen LogP contribution in [0.4, 0.5) is 0 Å². The molecule has 1 heterocycles. The average molecular weight is 224 g/mol. The molecule has 1 atom stereocenters. The van der Waals surface area contributed by atoms with Gasteiger partial charge in [-0.3, -0.25) is 9.80 Å². The molecule has 0 N–H and O–H groups in total. The molecule has 1 rings (SSSR count). The molecule has 1 fully saturated rings. The second kappa shape index (κ2) is 6.85. The van der Waals surface area contributed by atoms with E-state index in [-0.39, 0.29) is 6.04 Å². The van der Waals surface area contributed by atoms with E-state index in [1.54, 1.807) is 0 Å². The third-order valence-electron chi connectivity index (χ3n) is 3.25. The van der Waals surface area contributed by atoms with Crippen LogP contribution in [-0.2, 0) is 0 Å². The summed E-state index contributed by atoms with van der Waals surface area (Å²) < 4.78 is 0. The van der Waals surface area contributed by atoms with Crippen LogP contribution in [0.2, 0.25) is 0 Å². The highest BCUT2D eigenvalue weighted by molar-refractivity contribution is 4.92. The zero-order valence-electron chi connectivity index (χ0n) is 10.8. The molecule has 1 aliphatic rings. The van der Waals surface area contributed by atoms with Gasteiger partial charge in [0.2, 0.25) is 0 Å². The Labute approximate surface area is 99.4 Å². The van der Waals surface area contributed by atoms with Gasteiger partial charge in [-0.05, 0) is 20.5 Å². The molecule has 0 aliphatic carbocycles. The summed E-state index contributed by atoms with van der Waals surface area (Å²) in [5, 5.41) is 9.01. The second-order valence-corrected chi connectivity index (χ2v) is 4.73. The van der Waals surface area contributed by atoms with E-state index in [1.807, 2.05) is 0 Å². The van der Waals surface area contributed by atoms with Crippen LogP contribution in [0, 0.1) is 11.3 Å². The van der Waals surface area contributed by atoms with E-state index < -0.39 is 0 Å². The van der Waals surface area contributed by atoms with Crippen molar-refractivity contribution in [1.29, 1.82) is 5.26 Å². The first-order valence-corrected chi connectivity index (χ1v) is 6.18. The summed E-state index contributed by atoms with van der Waals surface area (Å²) in [5.74, 6) is 0. The predicted octanol–water partition coefficient (Wildman–Crippen LogP) is 0.468. The molecule has 1 aliphatic heterocycles. The lowest BCUT2D eigenvalue weighted by Gasteiger charge is -2.37. The van der Waals surface area contributed by atoms with Crippen molar-refractivity contribution < 1.29 is 0 Å². The van der Waals surface area contributed by atoms with Crippen LogP contribution in [0.5, 0.6) is 0 Å². The predicted molar refractivity (Wildman–Crippen MR) is 66.3 cm³/mol. The highest BCUT2D eigenvalue weighted by Crippen LogP contribution is 2.08. The molecule has 1 saturated heterocycles. The number of likely N-dealkylation sites (N-methyl/N-ethyl adjacent to an activating group) is 1. The third kappa shape index (κ3) is 4.09. The van der Waals surface area contributed by atoms with E-state index in [1.165, 1.54) is 0 Å². The van der Waals surface area contributed by atoms with E-state index >= 15 is 0 Å². The number of piperazine rings is 1. The van der Waals surface area contributed by atoms with Gasteiger partial charge in [-0.25, -0.2) is 0 Å². The van der Waals surface area contributed by atoms with Gasteiger partial charge in [0.05, 0.1) is 12.1 Å². The smallest absolute Gasteiger partial charge is 0.0976 e. The first-order valence-electron chi connectivity index (χ1n) is 6.18. The molecule has 0 amide bonds. The van der Waals surface area contributed by atoms with Crippen LogP contribution in [-0.4, -0.2) is 74.1 Å². The van der Waals surface area contributed by atoms with Crippen molar-refractivity contribution in [3.8, 4) is 6.07 Å². The quantitative estimate of drug-likeness (QED) is 0.680. The van der Waals surface area contributed by atoms with Crippen molar-refractivity contribution in [3.63, 3.8) is 0 Å². The van der Waals surface area contributed by atoms with Gasteiger partial charge in [0.15, 0.2) is 0 Å². The van der Waals surface area contributed by atoms with Crippen molar-refractivity contribution in [3.05, 3.63) is 0 Å². The molecule has 0 saturated carbocycles. The fourth-order valence-electron chi connectivity index (χ4n) is 2.07. The molecule has 4 nitrogen and oxygen atoms in total. The Morgan fingerprint density at radius 2 is 1.88 bits per heavy atom. The SMILES string of the molecule is CCC(C#N)N1CCN(CCN(C)C)CC1. The van der Waals surface area contributed by atoms with Crippen molar-refractivity contribution in [2.75, 3.05) is 53.4 Å². The molecule has 92 valence electrons. The van der Waals surface area contributed by atoms with E-state index in [0.717, 1.165) is 45.7 Å². The molecular weight excluding hydrogens is 200 g/mol. The van der Waals surface area contributed by atoms with Gasteiger partial charge >= 0.3 is 0 Å². The highest BCUT2D eigenvalue weighted by Gasteiger charge is 2.21. The molecular formula is C12H24N4. The summed E-state index contributed by atoms with van der Waals surface area (Å²) in [7, 11) is 4.22. The molecule has 0 bridgehead atoms. The molecule has 0 aromatic heterocycles. The van der Waals surface area contributed by atoms with E-state index in [4.69, 9.17) is 5.26 Å². The maximum atomic E-state index is 9.01. The standard InChI is InChI=1S/C12H24N4/c1-4-12(11-13)16-9-7-15(8-10-16)6-5-14(2)3/h12H,4-10H2,1-3H3. The van der Waals surface area contributed by atoms with Crippen LogP contribution in [0.15, 0.2) is 0 Å². The van der Waals surface area contributed by atoms with Crippen LogP contribution >= 0.6 is 0 Å². The summed E-state index contributed by atoms with van der Waals surface area (Å²) in [6, 6.07) is 2.51. The normalized spacial score (nSPS) is 20.9. The van der Waals surface area contributed by atoms with Crippen molar-refractivity contribution in [2.24, 2.45) is 0 Å². The maximum Gasteiger partial charge on any atom is 0.0976 e. The number of hydrogen-bond acceptors (Lipinski definition) is 4. The number of nitrogens with zero attached hydrogens (tertiary/aromatic N) is 4. The van der Waals surface area contributed by atoms with E-state index in [0.29, 0.717) is 0 Å². The molecule has 0 aromatic carbocycles. The number of nitriles is 1. The van der Waals surface area contributed by atoms with Crippen molar-refractivity contribution in [1.82, 2.24) is 14.7 Å². The largest absolute Gasteiger partial charge is 0.308 e. The van der Waals surface area contributed by atoms with Crippen molar-refractivity contribution in [2.45, 2.75) is 19.4 Å². The van der Waals surface area contributed by atoms with Gasteiger partial charge in [0.25, 0.3) is 0 Å². The van der Waals surface area contributed by atoms with E-state index in [2.05, 4.69) is 41.8 Å². The topological polar surface area (TPSA) is 33.5 Å². The summed E-state index contributed by atoms with van der Waals surface area (Å²) in [4.78, 5) is 7.02. The molecule has 1 unspecified atom stereocenters. The first kappa shape index (κ1) is 13.4. The minimum atomic E-state index is 0.121. The van der Waals surface area contributed by atoms with Crippen LogP contribution in [0.3, 0.4) is 0 Å². The summed E-state index contributed by atoms with van der Waals surface area (Å²) >= 11 is 0. The second-order valence-electron chi connectivity index (χ2n) is 4.73. The lowest BCUT2D eigenvalue weighted by Crippen LogP contribution is -2.50. The Hall–Kier alpha value is -0.630. The minimum Gasteiger partial charge on any atom is -0.308 e. The van der Waals surface area contributed by atoms with Gasteiger partial charge in [-0.15, -0.1) is 0 Å². The molecule has 4 heteroatoms.